The number of hydrogen-bond donors (Lipinski definition) is 0. The molecule has 0 amide bonds. The molecule has 0 aromatic rings. The highest BCUT2D eigenvalue weighted by Gasteiger charge is 2.04. The maximum absolute atomic E-state index is 11.0. The third kappa shape index (κ3) is 4.79. The van der Waals surface area contributed by atoms with E-state index in [4.69, 9.17) is 0 Å². The van der Waals surface area contributed by atoms with E-state index in [9.17, 15) is 4.79 Å². The lowest BCUT2D eigenvalue weighted by Crippen LogP contribution is -2.04. The van der Waals surface area contributed by atoms with Gasteiger partial charge in [0.15, 0.2) is 0 Å². The van der Waals surface area contributed by atoms with E-state index in [0.29, 0.717) is 0 Å². The largest absolute Gasteiger partial charge is 0.482 e. The van der Waals surface area contributed by atoms with Crippen LogP contribution in [0.5, 0.6) is 0 Å². The zero-order valence-electron chi connectivity index (χ0n) is 8.03. The first-order chi connectivity index (χ1) is 6.11. The fourth-order valence-corrected chi connectivity index (χ4v) is 0.471. The van der Waals surface area contributed by atoms with E-state index < -0.39 is 5.97 Å². The van der Waals surface area contributed by atoms with Crippen LogP contribution >= 0.6 is 0 Å². The van der Waals surface area contributed by atoms with Gasteiger partial charge in [-0.25, -0.2) is 4.79 Å². The molecule has 0 rings (SSSR count). The van der Waals surface area contributed by atoms with Gasteiger partial charge in [-0.2, -0.15) is 0 Å². The Morgan fingerprint density at radius 3 is 2.62 bits per heavy atom. The van der Waals surface area contributed by atoms with Crippen LogP contribution in [0.4, 0.5) is 0 Å². The second-order valence-electron chi connectivity index (χ2n) is 2.22. The fraction of sp³-hybridized carbons (Fsp3) is 0.333. The van der Waals surface area contributed by atoms with Gasteiger partial charge in [-0.1, -0.05) is 18.7 Å². The second kappa shape index (κ2) is 5.99. The number of carbonyl (C=O) groups is 1. The molecule has 0 heterocycles. The molecule has 4 nitrogen and oxygen atoms in total. The van der Waals surface area contributed by atoms with E-state index in [1.165, 1.54) is 7.11 Å². The Kier molecular flexibility index (Phi) is 5.27. The molecule has 0 aromatic heterocycles. The van der Waals surface area contributed by atoms with Crippen molar-refractivity contribution >= 4 is 11.9 Å². The van der Waals surface area contributed by atoms with Gasteiger partial charge in [-0.05, 0) is 12.1 Å². The Bertz CT molecular complexity index is 254. The van der Waals surface area contributed by atoms with Crippen molar-refractivity contribution in [2.45, 2.75) is 13.8 Å². The summed E-state index contributed by atoms with van der Waals surface area (Å²) >= 11 is 0. The highest BCUT2D eigenvalue weighted by Crippen LogP contribution is 1.97. The zero-order chi connectivity index (χ0) is 10.3. The van der Waals surface area contributed by atoms with Crippen LogP contribution in [0.25, 0.3) is 0 Å². The summed E-state index contributed by atoms with van der Waals surface area (Å²) in [7, 11) is 1.44. The number of ether oxygens (including phenoxy) is 1. The van der Waals surface area contributed by atoms with Gasteiger partial charge in [0.1, 0.15) is 0 Å². The number of methoxy groups -OCH3 is 1. The number of carbonyl (C=O) groups excluding carboxylic acids is 1. The molecule has 0 unspecified atom stereocenters. The van der Waals surface area contributed by atoms with Crippen LogP contribution in [0.3, 0.4) is 0 Å². The highest BCUT2D eigenvalue weighted by molar-refractivity contribution is 5.91. The quantitative estimate of drug-likeness (QED) is 0.167. The minimum absolute atomic E-state index is 0.246. The first-order valence-electron chi connectivity index (χ1n) is 3.73. The summed E-state index contributed by atoms with van der Waals surface area (Å²) in [6.45, 7) is 6.83. The average molecular weight is 183 g/mol. The number of hydrogen-bond acceptors (Lipinski definition) is 4. The van der Waals surface area contributed by atoms with Crippen LogP contribution in [-0.4, -0.2) is 19.0 Å². The molecule has 0 spiro atoms. The van der Waals surface area contributed by atoms with Crippen molar-refractivity contribution in [2.24, 2.45) is 5.16 Å². The normalized spacial score (nSPS) is 11.5. The van der Waals surface area contributed by atoms with Crippen molar-refractivity contribution < 1.29 is 14.4 Å². The zero-order valence-corrected chi connectivity index (χ0v) is 8.03. The summed E-state index contributed by atoms with van der Waals surface area (Å²) in [6.07, 6.45) is 3.23. The van der Waals surface area contributed by atoms with Gasteiger partial charge in [0.05, 0.1) is 12.7 Å². The van der Waals surface area contributed by atoms with Crippen molar-refractivity contribution in [3.05, 3.63) is 24.3 Å². The lowest BCUT2D eigenvalue weighted by Gasteiger charge is -1.98. The molecule has 0 saturated heterocycles. The lowest BCUT2D eigenvalue weighted by molar-refractivity contribution is -0.138. The molecule has 0 aliphatic heterocycles. The molecule has 0 radical (unpaired) electrons. The Hall–Kier alpha value is -1.58. The van der Waals surface area contributed by atoms with Crippen LogP contribution in [0.15, 0.2) is 29.5 Å². The van der Waals surface area contributed by atoms with Gasteiger partial charge in [-0.15, -0.1) is 0 Å². The Labute approximate surface area is 77.5 Å². The molecule has 0 bridgehead atoms. The summed E-state index contributed by atoms with van der Waals surface area (Å²) < 4.78 is 4.67. The maximum Gasteiger partial charge on any atom is 0.365 e. The van der Waals surface area contributed by atoms with Gasteiger partial charge in [0.25, 0.3) is 0 Å². The van der Waals surface area contributed by atoms with Crippen molar-refractivity contribution in [2.75, 3.05) is 7.11 Å². The Morgan fingerprint density at radius 2 is 2.15 bits per heavy atom. The predicted octanol–water partition coefficient (Wildman–Crippen LogP) is 1.64. The van der Waals surface area contributed by atoms with Crippen molar-refractivity contribution in [1.29, 1.82) is 0 Å². The van der Waals surface area contributed by atoms with E-state index in [1.54, 1.807) is 26.0 Å². The van der Waals surface area contributed by atoms with Gasteiger partial charge < -0.3 is 9.57 Å². The van der Waals surface area contributed by atoms with E-state index in [0.717, 1.165) is 0 Å². The number of nitrogens with zero attached hydrogens (tertiary/aromatic N) is 1. The molecule has 0 aliphatic rings. The molecule has 0 fully saturated rings. The average Bonchev–Trinajstić information content (AvgIpc) is 2.13. The van der Waals surface area contributed by atoms with Crippen LogP contribution in [0.2, 0.25) is 0 Å². The third-order valence-corrected chi connectivity index (χ3v) is 1.18. The van der Waals surface area contributed by atoms with Crippen molar-refractivity contribution in [1.82, 2.24) is 0 Å². The van der Waals surface area contributed by atoms with Gasteiger partial charge in [0.2, 0.25) is 5.90 Å². The van der Waals surface area contributed by atoms with Crippen LogP contribution < -0.4 is 0 Å². The fourth-order valence-electron chi connectivity index (χ4n) is 0.471. The lowest BCUT2D eigenvalue weighted by atomic mass is 10.3. The third-order valence-electron chi connectivity index (χ3n) is 1.18. The van der Waals surface area contributed by atoms with E-state index in [-0.39, 0.29) is 11.5 Å². The van der Waals surface area contributed by atoms with Crippen LogP contribution in [0, 0.1) is 0 Å². The topological polar surface area (TPSA) is 47.9 Å². The number of rotatable bonds is 3. The van der Waals surface area contributed by atoms with Gasteiger partial charge in [-0.3, -0.25) is 0 Å². The van der Waals surface area contributed by atoms with Gasteiger partial charge in [0, 0.05) is 6.92 Å². The van der Waals surface area contributed by atoms with Crippen LogP contribution in [-0.2, 0) is 14.4 Å². The molecule has 0 saturated carbocycles. The molecule has 0 aliphatic carbocycles. The second-order valence-corrected chi connectivity index (χ2v) is 2.22. The SMILES string of the molecule is C=C(/C=C\C)C(=O)O/N=C(/C)OC. The molecule has 4 heteroatoms. The summed E-state index contributed by atoms with van der Waals surface area (Å²) in [5.41, 5.74) is 0.246. The molecular formula is C9H13NO3. The molecule has 0 N–H and O–H groups in total. The molecule has 0 atom stereocenters. The van der Waals surface area contributed by atoms with Crippen LogP contribution in [0.1, 0.15) is 13.8 Å². The van der Waals surface area contributed by atoms with Crippen molar-refractivity contribution in [3.8, 4) is 0 Å². The molecule has 0 aromatic carbocycles. The summed E-state index contributed by atoms with van der Waals surface area (Å²) in [4.78, 5) is 15.5. The minimum Gasteiger partial charge on any atom is -0.482 e. The Morgan fingerprint density at radius 1 is 1.54 bits per heavy atom. The van der Waals surface area contributed by atoms with E-state index >= 15 is 0 Å². The first-order valence-corrected chi connectivity index (χ1v) is 3.73. The minimum atomic E-state index is -0.588. The van der Waals surface area contributed by atoms with E-state index in [2.05, 4.69) is 21.3 Å². The Balaban J connectivity index is 4.09. The number of oxime groups is 1. The smallest absolute Gasteiger partial charge is 0.365 e. The molecule has 13 heavy (non-hydrogen) atoms. The van der Waals surface area contributed by atoms with E-state index in [1.807, 2.05) is 0 Å². The summed E-state index contributed by atoms with van der Waals surface area (Å²) in [5.74, 6) is -0.309. The monoisotopic (exact) mass is 183 g/mol. The first kappa shape index (κ1) is 11.4. The molecular weight excluding hydrogens is 170 g/mol. The highest BCUT2D eigenvalue weighted by atomic mass is 16.7. The number of allylic oxidation sites excluding steroid dienone is 1. The summed E-state index contributed by atoms with van der Waals surface area (Å²) in [5, 5.41) is 3.40. The summed E-state index contributed by atoms with van der Waals surface area (Å²) in [6, 6.07) is 0. The van der Waals surface area contributed by atoms with Crippen molar-refractivity contribution in [3.63, 3.8) is 0 Å². The molecule has 72 valence electrons. The predicted molar refractivity (Wildman–Crippen MR) is 50.2 cm³/mol. The maximum atomic E-state index is 11.0. The standard InChI is InChI=1S/C9H13NO3/c1-5-6-7(2)9(11)13-10-8(3)12-4/h5-6H,2H2,1,3-4H3/b6-5-,10-8-. The van der Waals surface area contributed by atoms with Gasteiger partial charge >= 0.3 is 5.97 Å².